The zero-order valence-electron chi connectivity index (χ0n) is 19.0. The minimum atomic E-state index is -0.408. The third-order valence-electron chi connectivity index (χ3n) is 7.99. The molecule has 7 heteroatoms. The van der Waals surface area contributed by atoms with E-state index in [1.807, 2.05) is 24.3 Å². The summed E-state index contributed by atoms with van der Waals surface area (Å²) in [6, 6.07) is 16.4. The van der Waals surface area contributed by atoms with Gasteiger partial charge >= 0.3 is 0 Å². The molecule has 0 aliphatic carbocycles. The van der Waals surface area contributed by atoms with E-state index in [0.29, 0.717) is 16.7 Å². The lowest BCUT2D eigenvalue weighted by Gasteiger charge is -2.43. The van der Waals surface area contributed by atoms with Crippen molar-refractivity contribution < 1.29 is 4.79 Å². The van der Waals surface area contributed by atoms with Crippen LogP contribution in [0.1, 0.15) is 37.7 Å². The Labute approximate surface area is 206 Å². The molecule has 2 aromatic carbocycles. The van der Waals surface area contributed by atoms with E-state index in [-0.39, 0.29) is 11.3 Å². The number of piperidine rings is 1. The third-order valence-corrected chi connectivity index (χ3v) is 8.73. The van der Waals surface area contributed by atoms with Crippen molar-refractivity contribution in [2.24, 2.45) is 0 Å². The summed E-state index contributed by atoms with van der Waals surface area (Å²) < 4.78 is 0. The molecule has 0 bridgehead atoms. The highest BCUT2D eigenvalue weighted by Crippen LogP contribution is 2.39. The monoisotopic (exact) mass is 486 g/mol. The molecule has 3 heterocycles. The first-order chi connectivity index (χ1) is 16.0. The van der Waals surface area contributed by atoms with Crippen LogP contribution in [0.15, 0.2) is 48.5 Å². The fraction of sp³-hybridized carbons (Fsp3) is 0.500. The molecule has 5 nitrogen and oxygen atoms in total. The Bertz CT molecular complexity index is 985. The lowest BCUT2D eigenvalue weighted by atomic mass is 9.76. The quantitative estimate of drug-likeness (QED) is 0.633. The number of hydrogen-bond acceptors (Lipinski definition) is 4. The summed E-state index contributed by atoms with van der Waals surface area (Å²) in [5, 5.41) is 7.90. The van der Waals surface area contributed by atoms with Crippen molar-refractivity contribution in [3.05, 3.63) is 64.1 Å². The minimum Gasteiger partial charge on any atom is -0.339 e. The van der Waals surface area contributed by atoms with E-state index in [0.717, 1.165) is 70.5 Å². The molecule has 0 saturated carbocycles. The highest BCUT2D eigenvalue weighted by Gasteiger charge is 2.50. The van der Waals surface area contributed by atoms with Gasteiger partial charge in [0.05, 0.1) is 16.7 Å². The van der Waals surface area contributed by atoms with Crippen LogP contribution in [0, 0.1) is 0 Å². The van der Waals surface area contributed by atoms with Gasteiger partial charge in [-0.25, -0.2) is 0 Å². The Morgan fingerprint density at radius 2 is 1.76 bits per heavy atom. The topological polar surface area (TPSA) is 47.6 Å². The number of rotatable bonds is 6. The van der Waals surface area contributed by atoms with Crippen LogP contribution < -0.4 is 15.5 Å². The van der Waals surface area contributed by atoms with Crippen LogP contribution in [0.25, 0.3) is 0 Å². The van der Waals surface area contributed by atoms with E-state index in [2.05, 4.69) is 44.7 Å². The number of carbonyl (C=O) groups is 1. The van der Waals surface area contributed by atoms with Gasteiger partial charge in [0.25, 0.3) is 0 Å². The van der Waals surface area contributed by atoms with Crippen LogP contribution in [0.2, 0.25) is 10.0 Å². The normalized spacial score (nSPS) is 25.0. The van der Waals surface area contributed by atoms with Gasteiger partial charge in [-0.1, -0.05) is 47.5 Å². The maximum Gasteiger partial charge on any atom is 0.247 e. The third kappa shape index (κ3) is 4.37. The van der Waals surface area contributed by atoms with Crippen LogP contribution in [0.4, 0.5) is 5.69 Å². The van der Waals surface area contributed by atoms with Crippen molar-refractivity contribution in [1.82, 2.24) is 15.5 Å². The number of likely N-dealkylation sites (tertiary alicyclic amines) is 1. The second kappa shape index (κ2) is 9.46. The van der Waals surface area contributed by atoms with Crippen molar-refractivity contribution in [2.45, 2.75) is 43.1 Å². The largest absolute Gasteiger partial charge is 0.339 e. The lowest BCUT2D eigenvalue weighted by molar-refractivity contribution is -0.125. The molecular formula is C26H32Cl2N4O. The van der Waals surface area contributed by atoms with E-state index in [1.165, 1.54) is 5.56 Å². The van der Waals surface area contributed by atoms with Crippen molar-refractivity contribution in [3.8, 4) is 0 Å². The maximum absolute atomic E-state index is 12.9. The summed E-state index contributed by atoms with van der Waals surface area (Å²) in [5.41, 5.74) is 2.14. The minimum absolute atomic E-state index is 0.126. The van der Waals surface area contributed by atoms with Crippen LogP contribution in [0.3, 0.4) is 0 Å². The number of hydrogen-bond donors (Lipinski definition) is 2. The van der Waals surface area contributed by atoms with E-state index in [1.54, 1.807) is 0 Å². The Kier molecular flexibility index (Phi) is 6.58. The smallest absolute Gasteiger partial charge is 0.247 e. The molecule has 3 saturated heterocycles. The first kappa shape index (κ1) is 23.0. The average molecular weight is 487 g/mol. The molecule has 1 spiro atoms. The van der Waals surface area contributed by atoms with Gasteiger partial charge in [0, 0.05) is 30.7 Å². The molecule has 2 aromatic rings. The van der Waals surface area contributed by atoms with Gasteiger partial charge in [-0.2, -0.15) is 0 Å². The zero-order valence-corrected chi connectivity index (χ0v) is 20.5. The van der Waals surface area contributed by atoms with Gasteiger partial charge in [-0.05, 0) is 75.0 Å². The van der Waals surface area contributed by atoms with Crippen molar-refractivity contribution >= 4 is 34.8 Å². The Morgan fingerprint density at radius 3 is 2.45 bits per heavy atom. The second-order valence-corrected chi connectivity index (χ2v) is 10.6. The van der Waals surface area contributed by atoms with Gasteiger partial charge in [-0.15, -0.1) is 0 Å². The average Bonchev–Trinajstić information content (AvgIpc) is 3.44. The number of amides is 1. The molecule has 0 radical (unpaired) electrons. The fourth-order valence-electron chi connectivity index (χ4n) is 5.99. The van der Waals surface area contributed by atoms with E-state index in [4.69, 9.17) is 23.2 Å². The predicted octanol–water partition coefficient (Wildman–Crippen LogP) is 4.43. The summed E-state index contributed by atoms with van der Waals surface area (Å²) in [4.78, 5) is 17.7. The zero-order chi connectivity index (χ0) is 22.9. The number of para-hydroxylation sites is 1. The molecule has 3 aliphatic heterocycles. The molecule has 3 aliphatic rings. The van der Waals surface area contributed by atoms with Gasteiger partial charge in [0.1, 0.15) is 5.54 Å². The molecule has 2 N–H and O–H groups in total. The van der Waals surface area contributed by atoms with Crippen molar-refractivity contribution in [1.29, 1.82) is 0 Å². The molecule has 176 valence electrons. The summed E-state index contributed by atoms with van der Waals surface area (Å²) >= 11 is 12.5. The van der Waals surface area contributed by atoms with Crippen LogP contribution in [-0.4, -0.2) is 55.7 Å². The van der Waals surface area contributed by atoms with Gasteiger partial charge in [0.15, 0.2) is 0 Å². The summed E-state index contributed by atoms with van der Waals surface area (Å²) in [6.45, 7) is 5.59. The molecule has 3 fully saturated rings. The molecule has 33 heavy (non-hydrogen) atoms. The van der Waals surface area contributed by atoms with Crippen molar-refractivity contribution in [3.63, 3.8) is 0 Å². The standard InChI is InChI=1S/C26H32Cl2N4O/c27-22-8-7-20(17-23(22)28)25(10-13-29-18-25)9-4-14-31-15-11-26(12-16-31)24(33)30-19-32(26)21-5-2-1-3-6-21/h1-3,5-8,17,29H,4,9-16,18-19H2,(H,30,33). The Hall–Kier alpha value is -1.79. The first-order valence-corrected chi connectivity index (χ1v) is 12.8. The molecule has 1 amide bonds. The lowest BCUT2D eigenvalue weighted by Crippen LogP contribution is -2.56. The molecule has 1 unspecified atom stereocenters. The number of benzene rings is 2. The Balaban J connectivity index is 1.20. The Morgan fingerprint density at radius 1 is 0.970 bits per heavy atom. The second-order valence-electron chi connectivity index (χ2n) is 9.74. The number of halogens is 2. The van der Waals surface area contributed by atoms with Gasteiger partial charge in [-0.3, -0.25) is 4.79 Å². The number of nitrogens with one attached hydrogen (secondary N) is 2. The summed E-state index contributed by atoms with van der Waals surface area (Å²) in [5.74, 6) is 0.182. The van der Waals surface area contributed by atoms with Crippen molar-refractivity contribution in [2.75, 3.05) is 44.3 Å². The number of nitrogens with zero attached hydrogens (tertiary/aromatic N) is 2. The molecule has 0 aromatic heterocycles. The van der Waals surface area contributed by atoms with Crippen LogP contribution in [0.5, 0.6) is 0 Å². The van der Waals surface area contributed by atoms with Crippen LogP contribution in [-0.2, 0) is 10.2 Å². The molecule has 5 rings (SSSR count). The SMILES string of the molecule is O=C1NCN(c2ccccc2)C12CCN(CCCC1(c3ccc(Cl)c(Cl)c3)CCNC1)CC2. The van der Waals surface area contributed by atoms with E-state index in [9.17, 15) is 4.79 Å². The maximum atomic E-state index is 12.9. The highest BCUT2D eigenvalue weighted by molar-refractivity contribution is 6.42. The summed E-state index contributed by atoms with van der Waals surface area (Å²) in [7, 11) is 0. The van der Waals surface area contributed by atoms with E-state index < -0.39 is 5.54 Å². The number of carbonyl (C=O) groups excluding carboxylic acids is 1. The van der Waals surface area contributed by atoms with Gasteiger partial charge < -0.3 is 20.4 Å². The van der Waals surface area contributed by atoms with Crippen LogP contribution >= 0.6 is 23.2 Å². The van der Waals surface area contributed by atoms with Gasteiger partial charge in [0.2, 0.25) is 5.91 Å². The predicted molar refractivity (Wildman–Crippen MR) is 135 cm³/mol. The number of anilines is 1. The molecule has 1 atom stereocenters. The fourth-order valence-corrected chi connectivity index (χ4v) is 6.29. The summed E-state index contributed by atoms with van der Waals surface area (Å²) in [6.07, 6.45) is 5.11. The highest BCUT2D eigenvalue weighted by atomic mass is 35.5. The molecular weight excluding hydrogens is 455 g/mol. The first-order valence-electron chi connectivity index (χ1n) is 12.0. The van der Waals surface area contributed by atoms with E-state index >= 15 is 0 Å².